The van der Waals surface area contributed by atoms with E-state index in [1.165, 1.54) is 0 Å². The smallest absolute Gasteiger partial charge is 0.0599 e. The van der Waals surface area contributed by atoms with Crippen molar-refractivity contribution in [3.63, 3.8) is 0 Å². The summed E-state index contributed by atoms with van der Waals surface area (Å²) in [6.07, 6.45) is 0. The van der Waals surface area contributed by atoms with E-state index in [0.717, 1.165) is 19.6 Å². The molecule has 1 saturated heterocycles. The Hall–Kier alpha value is -0.120. The molecule has 0 radical (unpaired) electrons. The number of nitrogens with zero attached hydrogens (tertiary/aromatic N) is 1. The van der Waals surface area contributed by atoms with Crippen LogP contribution in [0.5, 0.6) is 0 Å². The standard InChI is InChI=1S/C10H22N2O/c1-8(2)6-12-9(3)4-11-5-10(12)7-13/h8-11,13H,4-7H2,1-3H3. The summed E-state index contributed by atoms with van der Waals surface area (Å²) in [6, 6.07) is 0.861. The van der Waals surface area contributed by atoms with E-state index in [9.17, 15) is 5.11 Å². The molecule has 1 heterocycles. The van der Waals surface area contributed by atoms with Gasteiger partial charge in [-0.2, -0.15) is 0 Å². The molecule has 2 unspecified atom stereocenters. The van der Waals surface area contributed by atoms with Crippen molar-refractivity contribution in [2.45, 2.75) is 32.9 Å². The number of aliphatic hydroxyl groups is 1. The third kappa shape index (κ3) is 2.93. The maximum Gasteiger partial charge on any atom is 0.0599 e. The fraction of sp³-hybridized carbons (Fsp3) is 1.00. The number of hydrogen-bond acceptors (Lipinski definition) is 3. The Kier molecular flexibility index (Phi) is 4.16. The first-order valence-electron chi connectivity index (χ1n) is 5.22. The highest BCUT2D eigenvalue weighted by molar-refractivity contribution is 4.84. The van der Waals surface area contributed by atoms with Crippen LogP contribution >= 0.6 is 0 Å². The highest BCUT2D eigenvalue weighted by Crippen LogP contribution is 2.12. The molecule has 0 spiro atoms. The molecule has 13 heavy (non-hydrogen) atoms. The Morgan fingerprint density at radius 1 is 1.46 bits per heavy atom. The highest BCUT2D eigenvalue weighted by atomic mass is 16.3. The largest absolute Gasteiger partial charge is 0.395 e. The summed E-state index contributed by atoms with van der Waals surface area (Å²) >= 11 is 0. The molecule has 3 heteroatoms. The molecular weight excluding hydrogens is 164 g/mol. The zero-order valence-corrected chi connectivity index (χ0v) is 8.95. The van der Waals surface area contributed by atoms with E-state index < -0.39 is 0 Å². The van der Waals surface area contributed by atoms with Crippen LogP contribution in [0.2, 0.25) is 0 Å². The van der Waals surface area contributed by atoms with Gasteiger partial charge in [-0.1, -0.05) is 13.8 Å². The first-order chi connectivity index (χ1) is 6.15. The molecule has 1 fully saturated rings. The van der Waals surface area contributed by atoms with Crippen molar-refractivity contribution in [2.24, 2.45) is 5.92 Å². The Morgan fingerprint density at radius 3 is 2.69 bits per heavy atom. The van der Waals surface area contributed by atoms with Crippen molar-refractivity contribution in [3.8, 4) is 0 Å². The van der Waals surface area contributed by atoms with Gasteiger partial charge in [0.25, 0.3) is 0 Å². The van der Waals surface area contributed by atoms with Crippen molar-refractivity contribution in [2.75, 3.05) is 26.2 Å². The van der Waals surface area contributed by atoms with Crippen molar-refractivity contribution in [3.05, 3.63) is 0 Å². The maximum atomic E-state index is 9.21. The molecule has 1 aliphatic rings. The van der Waals surface area contributed by atoms with Crippen LogP contribution in [0.25, 0.3) is 0 Å². The van der Waals surface area contributed by atoms with Crippen LogP contribution in [-0.4, -0.2) is 48.3 Å². The van der Waals surface area contributed by atoms with Crippen LogP contribution < -0.4 is 5.32 Å². The fourth-order valence-corrected chi connectivity index (χ4v) is 1.97. The minimum absolute atomic E-state index is 0.268. The number of aliphatic hydroxyl groups excluding tert-OH is 1. The lowest BCUT2D eigenvalue weighted by Crippen LogP contribution is -2.58. The average molecular weight is 186 g/mol. The normalized spacial score (nSPS) is 31.2. The predicted octanol–water partition coefficient (Wildman–Crippen LogP) is 0.297. The Bertz CT molecular complexity index is 150. The molecule has 0 saturated carbocycles. The van der Waals surface area contributed by atoms with Gasteiger partial charge in [0.05, 0.1) is 6.61 Å². The third-order valence-corrected chi connectivity index (χ3v) is 2.64. The van der Waals surface area contributed by atoms with Crippen molar-refractivity contribution in [1.82, 2.24) is 10.2 Å². The van der Waals surface area contributed by atoms with Crippen molar-refractivity contribution >= 4 is 0 Å². The monoisotopic (exact) mass is 186 g/mol. The summed E-state index contributed by atoms with van der Waals surface area (Å²) in [6.45, 7) is 10.00. The quantitative estimate of drug-likeness (QED) is 0.665. The summed E-state index contributed by atoms with van der Waals surface area (Å²) in [5.74, 6) is 0.676. The molecule has 2 atom stereocenters. The Morgan fingerprint density at radius 2 is 2.15 bits per heavy atom. The number of nitrogens with one attached hydrogen (secondary N) is 1. The number of hydrogen-bond donors (Lipinski definition) is 2. The van der Waals surface area contributed by atoms with Crippen LogP contribution in [0.4, 0.5) is 0 Å². The molecule has 0 aliphatic carbocycles. The van der Waals surface area contributed by atoms with Gasteiger partial charge in [0.1, 0.15) is 0 Å². The third-order valence-electron chi connectivity index (χ3n) is 2.64. The molecular formula is C10H22N2O. The van der Waals surface area contributed by atoms with Crippen molar-refractivity contribution < 1.29 is 5.11 Å². The molecule has 78 valence electrons. The minimum atomic E-state index is 0.268. The van der Waals surface area contributed by atoms with Gasteiger partial charge < -0.3 is 10.4 Å². The summed E-state index contributed by atoms with van der Waals surface area (Å²) in [7, 11) is 0. The first-order valence-corrected chi connectivity index (χ1v) is 5.22. The molecule has 0 amide bonds. The van der Waals surface area contributed by atoms with Crippen molar-refractivity contribution in [1.29, 1.82) is 0 Å². The van der Waals surface area contributed by atoms with E-state index in [-0.39, 0.29) is 6.61 Å². The summed E-state index contributed by atoms with van der Waals surface area (Å²) in [5, 5.41) is 12.5. The van der Waals surface area contributed by atoms with Crippen LogP contribution in [0.15, 0.2) is 0 Å². The first kappa shape index (κ1) is 11.0. The fourth-order valence-electron chi connectivity index (χ4n) is 1.97. The second-order valence-electron chi connectivity index (χ2n) is 4.43. The van der Waals surface area contributed by atoms with Gasteiger partial charge >= 0.3 is 0 Å². The summed E-state index contributed by atoms with van der Waals surface area (Å²) in [5.41, 5.74) is 0. The molecule has 1 rings (SSSR count). The molecule has 2 N–H and O–H groups in total. The molecule has 3 nitrogen and oxygen atoms in total. The van der Waals surface area contributed by atoms with E-state index in [2.05, 4.69) is 31.0 Å². The van der Waals surface area contributed by atoms with Gasteiger partial charge in [-0.25, -0.2) is 0 Å². The molecule has 0 aromatic carbocycles. The van der Waals surface area contributed by atoms with Gasteiger partial charge in [0, 0.05) is 31.7 Å². The lowest BCUT2D eigenvalue weighted by Gasteiger charge is -2.41. The topological polar surface area (TPSA) is 35.5 Å². The minimum Gasteiger partial charge on any atom is -0.395 e. The average Bonchev–Trinajstić information content (AvgIpc) is 2.08. The second-order valence-corrected chi connectivity index (χ2v) is 4.43. The molecule has 1 aliphatic heterocycles. The van der Waals surface area contributed by atoms with E-state index in [0.29, 0.717) is 18.0 Å². The lowest BCUT2D eigenvalue weighted by atomic mass is 10.1. The van der Waals surface area contributed by atoms with Gasteiger partial charge in [0.15, 0.2) is 0 Å². The summed E-state index contributed by atoms with van der Waals surface area (Å²) in [4.78, 5) is 2.42. The number of rotatable bonds is 3. The lowest BCUT2D eigenvalue weighted by molar-refractivity contribution is 0.0535. The van der Waals surface area contributed by atoms with Crippen LogP contribution in [0, 0.1) is 5.92 Å². The van der Waals surface area contributed by atoms with Gasteiger partial charge in [-0.05, 0) is 12.8 Å². The van der Waals surface area contributed by atoms with Crippen LogP contribution in [-0.2, 0) is 0 Å². The van der Waals surface area contributed by atoms with E-state index in [1.807, 2.05) is 0 Å². The van der Waals surface area contributed by atoms with E-state index in [4.69, 9.17) is 0 Å². The van der Waals surface area contributed by atoms with E-state index in [1.54, 1.807) is 0 Å². The van der Waals surface area contributed by atoms with Gasteiger partial charge in [-0.15, -0.1) is 0 Å². The van der Waals surface area contributed by atoms with Gasteiger partial charge in [-0.3, -0.25) is 4.90 Å². The number of piperazine rings is 1. The Labute approximate surface area is 81.1 Å². The Balaban J connectivity index is 2.51. The highest BCUT2D eigenvalue weighted by Gasteiger charge is 2.26. The van der Waals surface area contributed by atoms with Crippen LogP contribution in [0.1, 0.15) is 20.8 Å². The zero-order valence-electron chi connectivity index (χ0n) is 8.95. The predicted molar refractivity (Wildman–Crippen MR) is 54.7 cm³/mol. The van der Waals surface area contributed by atoms with E-state index >= 15 is 0 Å². The molecule has 0 bridgehead atoms. The molecule has 0 aromatic rings. The molecule has 0 aromatic heterocycles. The SMILES string of the molecule is CC(C)CN1C(C)CNCC1CO. The summed E-state index contributed by atoms with van der Waals surface area (Å²) < 4.78 is 0. The second kappa shape index (κ2) is 4.94. The zero-order chi connectivity index (χ0) is 9.84. The maximum absolute atomic E-state index is 9.21. The van der Waals surface area contributed by atoms with Crippen LogP contribution in [0.3, 0.4) is 0 Å². The van der Waals surface area contributed by atoms with Gasteiger partial charge in [0.2, 0.25) is 0 Å².